The molecule has 1 rings (SSSR count). The number of amides is 1. The number of carbonyl (C=O) groups excluding carboxylic acids is 1. The average Bonchev–Trinajstić information content (AvgIpc) is 2.31. The van der Waals surface area contributed by atoms with Gasteiger partial charge in [-0.1, -0.05) is 30.1 Å². The normalized spacial score (nSPS) is 14.1. The van der Waals surface area contributed by atoms with Gasteiger partial charge in [0.15, 0.2) is 0 Å². The van der Waals surface area contributed by atoms with Crippen LogP contribution in [0.25, 0.3) is 0 Å². The van der Waals surface area contributed by atoms with Gasteiger partial charge in [-0.15, -0.1) is 0 Å². The monoisotopic (exact) mass is 293 g/mol. The van der Waals surface area contributed by atoms with Gasteiger partial charge in [-0.25, -0.2) is 4.39 Å². The van der Waals surface area contributed by atoms with E-state index in [4.69, 9.17) is 23.2 Å². The molecule has 1 amide bonds. The quantitative estimate of drug-likeness (QED) is 0.839. The smallest absolute Gasteiger partial charge is 0.253 e. The highest BCUT2D eigenvalue weighted by atomic mass is 35.5. The van der Waals surface area contributed by atoms with Gasteiger partial charge in [0, 0.05) is 6.54 Å². The maximum absolute atomic E-state index is 13.2. The van der Waals surface area contributed by atoms with Gasteiger partial charge in [-0.05, 0) is 25.5 Å². The first-order valence-corrected chi connectivity index (χ1v) is 6.17. The van der Waals surface area contributed by atoms with Crippen molar-refractivity contribution in [1.29, 1.82) is 0 Å². The molecule has 100 valence electrons. The first kappa shape index (κ1) is 15.2. The largest absolute Gasteiger partial charge is 0.388 e. The maximum Gasteiger partial charge on any atom is 0.253 e. The summed E-state index contributed by atoms with van der Waals surface area (Å²) in [5, 5.41) is 12.2. The summed E-state index contributed by atoms with van der Waals surface area (Å²) in [6.07, 6.45) is 0.482. The van der Waals surface area contributed by atoms with Crippen LogP contribution < -0.4 is 5.32 Å². The predicted molar refractivity (Wildman–Crippen MR) is 69.7 cm³/mol. The topological polar surface area (TPSA) is 49.3 Å². The Morgan fingerprint density at radius 3 is 2.61 bits per heavy atom. The molecule has 0 heterocycles. The van der Waals surface area contributed by atoms with E-state index in [1.54, 1.807) is 13.8 Å². The summed E-state index contributed by atoms with van der Waals surface area (Å²) in [6, 6.07) is 2.14. The molecule has 0 aliphatic carbocycles. The third kappa shape index (κ3) is 3.83. The molecule has 0 fully saturated rings. The molecule has 6 heteroatoms. The molecule has 0 bridgehead atoms. The van der Waals surface area contributed by atoms with Crippen molar-refractivity contribution in [2.45, 2.75) is 25.9 Å². The second kappa shape index (κ2) is 5.87. The average molecular weight is 294 g/mol. The number of hydrogen-bond acceptors (Lipinski definition) is 2. The molecule has 1 aromatic carbocycles. The van der Waals surface area contributed by atoms with Gasteiger partial charge in [-0.2, -0.15) is 0 Å². The summed E-state index contributed by atoms with van der Waals surface area (Å²) in [7, 11) is 0. The highest BCUT2D eigenvalue weighted by Gasteiger charge is 2.20. The van der Waals surface area contributed by atoms with Crippen molar-refractivity contribution in [3.05, 3.63) is 33.6 Å². The molecule has 1 atom stereocenters. The molecule has 2 N–H and O–H groups in total. The molecule has 1 aromatic rings. The minimum Gasteiger partial charge on any atom is -0.388 e. The van der Waals surface area contributed by atoms with Gasteiger partial charge in [0.25, 0.3) is 5.91 Å². The Kier molecular flexibility index (Phi) is 4.96. The van der Waals surface area contributed by atoms with Gasteiger partial charge in [0.05, 0.1) is 21.2 Å². The number of benzene rings is 1. The lowest BCUT2D eigenvalue weighted by Crippen LogP contribution is -2.40. The Morgan fingerprint density at radius 1 is 1.44 bits per heavy atom. The van der Waals surface area contributed by atoms with Gasteiger partial charge in [0.1, 0.15) is 5.82 Å². The van der Waals surface area contributed by atoms with E-state index >= 15 is 0 Å². The van der Waals surface area contributed by atoms with Crippen molar-refractivity contribution >= 4 is 29.1 Å². The zero-order chi connectivity index (χ0) is 13.9. The van der Waals surface area contributed by atoms with Crippen molar-refractivity contribution in [2.75, 3.05) is 6.54 Å². The molecule has 1 unspecified atom stereocenters. The Morgan fingerprint density at radius 2 is 2.06 bits per heavy atom. The van der Waals surface area contributed by atoms with Gasteiger partial charge in [0.2, 0.25) is 0 Å². The molecular formula is C12H14Cl2FNO2. The van der Waals surface area contributed by atoms with E-state index in [2.05, 4.69) is 5.32 Å². The lowest BCUT2D eigenvalue weighted by molar-refractivity contribution is 0.0518. The van der Waals surface area contributed by atoms with Crippen molar-refractivity contribution in [3.63, 3.8) is 0 Å². The number of aliphatic hydroxyl groups is 1. The van der Waals surface area contributed by atoms with Gasteiger partial charge < -0.3 is 10.4 Å². The fourth-order valence-corrected chi connectivity index (χ4v) is 1.66. The lowest BCUT2D eigenvalue weighted by atomic mass is 10.0. The molecule has 0 saturated carbocycles. The highest BCUT2D eigenvalue weighted by Crippen LogP contribution is 2.24. The van der Waals surface area contributed by atoms with E-state index in [1.807, 2.05) is 0 Å². The minimum absolute atomic E-state index is 0.00882. The summed E-state index contributed by atoms with van der Waals surface area (Å²) in [5.74, 6) is -1.27. The van der Waals surface area contributed by atoms with Crippen LogP contribution in [0.3, 0.4) is 0 Å². The van der Waals surface area contributed by atoms with Gasteiger partial charge >= 0.3 is 0 Å². The van der Waals surface area contributed by atoms with Crippen LogP contribution in [0.15, 0.2) is 12.1 Å². The molecule has 18 heavy (non-hydrogen) atoms. The maximum atomic E-state index is 13.2. The fourth-order valence-electron chi connectivity index (χ4n) is 1.19. The lowest BCUT2D eigenvalue weighted by Gasteiger charge is -2.21. The van der Waals surface area contributed by atoms with Gasteiger partial charge in [-0.3, -0.25) is 4.79 Å². The number of nitrogens with one attached hydrogen (secondary N) is 1. The summed E-state index contributed by atoms with van der Waals surface area (Å²) in [4.78, 5) is 11.8. The Hall–Kier alpha value is -0.840. The van der Waals surface area contributed by atoms with Crippen LogP contribution in [0.2, 0.25) is 10.0 Å². The Balaban J connectivity index is 2.82. The molecule has 0 radical (unpaired) electrons. The van der Waals surface area contributed by atoms with Crippen LogP contribution in [-0.4, -0.2) is 23.2 Å². The van der Waals surface area contributed by atoms with E-state index in [0.717, 1.165) is 6.07 Å². The standard InChI is InChI=1S/C12H14Cl2FNO2/c1-3-12(2,18)6-16-11(17)7-4-10(15)9(14)5-8(7)13/h4-5,18H,3,6H2,1-2H3,(H,16,17). The molecule has 0 aromatic heterocycles. The first-order chi connectivity index (χ1) is 8.26. The van der Waals surface area contributed by atoms with Crippen LogP contribution in [0.4, 0.5) is 4.39 Å². The second-order valence-electron chi connectivity index (χ2n) is 4.28. The second-order valence-corrected chi connectivity index (χ2v) is 5.09. The summed E-state index contributed by atoms with van der Waals surface area (Å²) >= 11 is 11.3. The molecule has 0 aliphatic rings. The van der Waals surface area contributed by atoms with Crippen LogP contribution in [-0.2, 0) is 0 Å². The first-order valence-electron chi connectivity index (χ1n) is 5.42. The number of halogens is 3. The summed E-state index contributed by atoms with van der Waals surface area (Å²) in [5.41, 5.74) is -1.02. The number of carbonyl (C=O) groups is 1. The molecule has 0 aliphatic heterocycles. The SMILES string of the molecule is CCC(C)(O)CNC(=O)c1cc(F)c(Cl)cc1Cl. The number of rotatable bonds is 4. The minimum atomic E-state index is -1.01. The molecule has 3 nitrogen and oxygen atoms in total. The zero-order valence-electron chi connectivity index (χ0n) is 10.1. The fraction of sp³-hybridized carbons (Fsp3) is 0.417. The molecule has 0 saturated heterocycles. The van der Waals surface area contributed by atoms with Crippen molar-refractivity contribution < 1.29 is 14.3 Å². The zero-order valence-corrected chi connectivity index (χ0v) is 11.6. The van der Waals surface area contributed by atoms with Crippen LogP contribution >= 0.6 is 23.2 Å². The van der Waals surface area contributed by atoms with E-state index in [1.165, 1.54) is 6.07 Å². The molecular weight excluding hydrogens is 280 g/mol. The summed E-state index contributed by atoms with van der Waals surface area (Å²) < 4.78 is 13.2. The van der Waals surface area contributed by atoms with Crippen LogP contribution in [0, 0.1) is 5.82 Å². The van der Waals surface area contributed by atoms with Crippen molar-refractivity contribution in [1.82, 2.24) is 5.32 Å². The van der Waals surface area contributed by atoms with E-state index in [-0.39, 0.29) is 22.2 Å². The highest BCUT2D eigenvalue weighted by molar-refractivity contribution is 6.36. The Bertz CT molecular complexity index is 464. The predicted octanol–water partition coefficient (Wildman–Crippen LogP) is 3.02. The third-order valence-corrected chi connectivity index (χ3v) is 3.25. The summed E-state index contributed by atoms with van der Waals surface area (Å²) in [6.45, 7) is 3.45. The van der Waals surface area contributed by atoms with E-state index in [0.29, 0.717) is 6.42 Å². The van der Waals surface area contributed by atoms with E-state index in [9.17, 15) is 14.3 Å². The van der Waals surface area contributed by atoms with Crippen molar-refractivity contribution in [2.24, 2.45) is 0 Å². The molecule has 0 spiro atoms. The van der Waals surface area contributed by atoms with Crippen LogP contribution in [0.5, 0.6) is 0 Å². The van der Waals surface area contributed by atoms with Crippen LogP contribution in [0.1, 0.15) is 30.6 Å². The van der Waals surface area contributed by atoms with E-state index < -0.39 is 17.3 Å². The Labute approximate surface area is 115 Å². The number of hydrogen-bond donors (Lipinski definition) is 2. The third-order valence-electron chi connectivity index (χ3n) is 2.65. The van der Waals surface area contributed by atoms with Crippen molar-refractivity contribution in [3.8, 4) is 0 Å².